The molecule has 2 aliphatic carbocycles. The minimum atomic E-state index is 0.245. The first-order valence-corrected chi connectivity index (χ1v) is 18.1. The van der Waals surface area contributed by atoms with Crippen molar-refractivity contribution in [1.29, 1.82) is 5.26 Å². The van der Waals surface area contributed by atoms with Crippen LogP contribution in [-0.2, 0) is 0 Å². The van der Waals surface area contributed by atoms with Gasteiger partial charge in [-0.3, -0.25) is 0 Å². The Morgan fingerprint density at radius 2 is 1.08 bits per heavy atom. The zero-order valence-corrected chi connectivity index (χ0v) is 28.8. The van der Waals surface area contributed by atoms with Crippen molar-refractivity contribution in [1.82, 2.24) is 15.0 Å². The van der Waals surface area contributed by atoms with Crippen LogP contribution in [0.1, 0.15) is 59.4 Å². The predicted octanol–water partition coefficient (Wildman–Crippen LogP) is 11.5. The number of rotatable bonds is 6. The minimum Gasteiger partial charge on any atom is -0.208 e. The number of nitrogens with zero attached hydrogens (tertiary/aromatic N) is 4. The number of fused-ring (bicyclic) bond motifs is 2. The third-order valence-corrected chi connectivity index (χ3v) is 10.6. The fraction of sp³-hybridized carbons (Fsp3) is 0.125. The monoisotopic (exact) mass is 668 g/mol. The molecule has 9 rings (SSSR count). The van der Waals surface area contributed by atoms with Gasteiger partial charge in [0, 0.05) is 22.6 Å². The summed E-state index contributed by atoms with van der Waals surface area (Å²) in [5.41, 5.74) is 13.8. The summed E-state index contributed by atoms with van der Waals surface area (Å²) >= 11 is 0. The van der Waals surface area contributed by atoms with Gasteiger partial charge in [0.2, 0.25) is 0 Å². The summed E-state index contributed by atoms with van der Waals surface area (Å²) in [6, 6.07) is 57.2. The van der Waals surface area contributed by atoms with Crippen LogP contribution in [0.5, 0.6) is 0 Å². The molecule has 4 nitrogen and oxygen atoms in total. The summed E-state index contributed by atoms with van der Waals surface area (Å²) in [4.78, 5) is 15.3. The lowest BCUT2D eigenvalue weighted by Crippen LogP contribution is -2.26. The molecule has 0 spiro atoms. The first-order chi connectivity index (χ1) is 25.7. The van der Waals surface area contributed by atoms with Crippen LogP contribution in [0.2, 0.25) is 0 Å². The van der Waals surface area contributed by atoms with Gasteiger partial charge in [-0.15, -0.1) is 0 Å². The summed E-state index contributed by atoms with van der Waals surface area (Å²) in [7, 11) is 0. The van der Waals surface area contributed by atoms with Gasteiger partial charge in [0.05, 0.1) is 11.6 Å². The van der Waals surface area contributed by atoms with Gasteiger partial charge in [0.15, 0.2) is 17.5 Å². The van der Waals surface area contributed by atoms with Crippen LogP contribution in [0.3, 0.4) is 0 Å². The lowest BCUT2D eigenvalue weighted by atomic mass is 9.63. The van der Waals surface area contributed by atoms with Crippen molar-refractivity contribution in [2.45, 2.75) is 31.6 Å². The number of hydrogen-bond acceptors (Lipinski definition) is 4. The highest BCUT2D eigenvalue weighted by atomic mass is 15.0. The van der Waals surface area contributed by atoms with Crippen LogP contribution in [0.25, 0.3) is 50.9 Å². The average Bonchev–Trinajstić information content (AvgIpc) is 3.23. The van der Waals surface area contributed by atoms with Crippen molar-refractivity contribution < 1.29 is 0 Å². The maximum absolute atomic E-state index is 9.51. The molecule has 1 fully saturated rings. The van der Waals surface area contributed by atoms with Gasteiger partial charge in [-0.1, -0.05) is 145 Å². The van der Waals surface area contributed by atoms with E-state index in [9.17, 15) is 5.26 Å². The molecule has 0 N–H and O–H groups in total. The molecule has 6 aromatic carbocycles. The van der Waals surface area contributed by atoms with Gasteiger partial charge in [-0.25, -0.2) is 15.0 Å². The molecule has 0 amide bonds. The number of benzene rings is 6. The average molecular weight is 669 g/mol. The number of nitriles is 1. The summed E-state index contributed by atoms with van der Waals surface area (Å²) in [5.74, 6) is 2.58. The van der Waals surface area contributed by atoms with Crippen LogP contribution in [-0.4, -0.2) is 15.0 Å². The largest absolute Gasteiger partial charge is 0.208 e. The van der Waals surface area contributed by atoms with E-state index in [-0.39, 0.29) is 5.92 Å². The maximum atomic E-state index is 9.51. The van der Waals surface area contributed by atoms with Gasteiger partial charge >= 0.3 is 0 Å². The van der Waals surface area contributed by atoms with Crippen molar-refractivity contribution in [3.05, 3.63) is 191 Å². The van der Waals surface area contributed by atoms with Crippen LogP contribution < -0.4 is 0 Å². The van der Waals surface area contributed by atoms with E-state index >= 15 is 0 Å². The van der Waals surface area contributed by atoms with Crippen LogP contribution in [0, 0.1) is 17.2 Å². The molecule has 248 valence electrons. The van der Waals surface area contributed by atoms with E-state index in [0.717, 1.165) is 34.2 Å². The molecule has 0 bridgehead atoms. The van der Waals surface area contributed by atoms with E-state index in [1.165, 1.54) is 47.1 Å². The first-order valence-electron chi connectivity index (χ1n) is 18.1. The Kier molecular flexibility index (Phi) is 8.31. The Morgan fingerprint density at radius 3 is 1.83 bits per heavy atom. The van der Waals surface area contributed by atoms with Gasteiger partial charge in [0.25, 0.3) is 0 Å². The lowest BCUT2D eigenvalue weighted by molar-refractivity contribution is 0.411. The molecule has 0 saturated heterocycles. The quantitative estimate of drug-likeness (QED) is 0.177. The molecular weight excluding hydrogens is 633 g/mol. The Balaban J connectivity index is 1.17. The molecule has 1 saturated carbocycles. The second-order valence-electron chi connectivity index (χ2n) is 13.8. The van der Waals surface area contributed by atoms with E-state index in [1.807, 2.05) is 66.7 Å². The Labute approximate surface area is 304 Å². The molecule has 4 heteroatoms. The summed E-state index contributed by atoms with van der Waals surface area (Å²) in [5, 5.41) is 9.51. The molecule has 2 aliphatic rings. The predicted molar refractivity (Wildman–Crippen MR) is 209 cm³/mol. The normalized spacial score (nSPS) is 16.4. The van der Waals surface area contributed by atoms with Crippen molar-refractivity contribution in [2.24, 2.45) is 5.92 Å². The molecule has 0 radical (unpaired) electrons. The molecule has 7 aromatic rings. The van der Waals surface area contributed by atoms with Gasteiger partial charge in [-0.2, -0.15) is 5.26 Å². The van der Waals surface area contributed by atoms with Gasteiger partial charge < -0.3 is 0 Å². The zero-order chi connectivity index (χ0) is 34.9. The third kappa shape index (κ3) is 5.91. The minimum absolute atomic E-state index is 0.245. The lowest BCUT2D eigenvalue weighted by Gasteiger charge is -2.40. The van der Waals surface area contributed by atoms with Crippen LogP contribution >= 0.6 is 0 Å². The smallest absolute Gasteiger partial charge is 0.164 e. The molecule has 1 heterocycles. The Hall–Kier alpha value is -6.44. The van der Waals surface area contributed by atoms with E-state index in [1.54, 1.807) is 5.57 Å². The topological polar surface area (TPSA) is 62.5 Å². The van der Waals surface area contributed by atoms with Crippen molar-refractivity contribution >= 4 is 5.57 Å². The fourth-order valence-corrected chi connectivity index (χ4v) is 8.29. The highest BCUT2D eigenvalue weighted by Gasteiger charge is 2.38. The van der Waals surface area contributed by atoms with Gasteiger partial charge in [-0.05, 0) is 88.4 Å². The molecular formula is C48H36N4. The van der Waals surface area contributed by atoms with E-state index in [0.29, 0.717) is 29.0 Å². The number of allylic oxidation sites excluding steroid dienone is 1. The van der Waals surface area contributed by atoms with Crippen molar-refractivity contribution in [3.63, 3.8) is 0 Å². The summed E-state index contributed by atoms with van der Waals surface area (Å²) < 4.78 is 0. The molecule has 2 unspecified atom stereocenters. The molecule has 0 aliphatic heterocycles. The Bertz CT molecular complexity index is 2490. The highest BCUT2D eigenvalue weighted by molar-refractivity contribution is 5.86. The number of hydrogen-bond donors (Lipinski definition) is 0. The SMILES string of the molecule is N#Cc1cccc(-c2cccc(-c3nc(-c4ccccc4)nc(-c4cccc(C5c6ccccc6C(c6ccccc6)=C6CCCCC65)c4)n3)c2)c1. The molecule has 2 atom stereocenters. The maximum Gasteiger partial charge on any atom is 0.164 e. The van der Waals surface area contributed by atoms with Crippen molar-refractivity contribution in [3.8, 4) is 51.4 Å². The number of aromatic nitrogens is 3. The van der Waals surface area contributed by atoms with E-state index < -0.39 is 0 Å². The van der Waals surface area contributed by atoms with Gasteiger partial charge in [0.1, 0.15) is 0 Å². The standard InChI is InChI=1S/C48H36N4/c49-31-32-14-11-19-35(28-32)36-20-12-22-38(29-36)47-50-46(34-17-5-2-6-18-34)51-48(52-47)39-23-13-21-37(30-39)45-42-26-9-7-24-40(42)44(33-15-3-1-4-16-33)41-25-8-10-27-43(41)45/h1-7,9,11-24,26,28-30,43,45H,8,10,25,27H2. The van der Waals surface area contributed by atoms with E-state index in [4.69, 9.17) is 15.0 Å². The molecule has 52 heavy (non-hydrogen) atoms. The fourth-order valence-electron chi connectivity index (χ4n) is 8.29. The Morgan fingerprint density at radius 1 is 0.500 bits per heavy atom. The van der Waals surface area contributed by atoms with Crippen molar-refractivity contribution in [2.75, 3.05) is 0 Å². The second-order valence-corrected chi connectivity index (χ2v) is 13.8. The summed E-state index contributed by atoms with van der Waals surface area (Å²) in [6.45, 7) is 0. The van der Waals surface area contributed by atoms with Crippen LogP contribution in [0.15, 0.2) is 163 Å². The molecule has 1 aromatic heterocycles. The van der Waals surface area contributed by atoms with E-state index in [2.05, 4.69) is 97.1 Å². The highest BCUT2D eigenvalue weighted by Crippen LogP contribution is 2.53. The first kappa shape index (κ1) is 31.5. The van der Waals surface area contributed by atoms with Crippen LogP contribution in [0.4, 0.5) is 0 Å². The zero-order valence-electron chi connectivity index (χ0n) is 28.8. The summed E-state index contributed by atoms with van der Waals surface area (Å²) in [6.07, 6.45) is 4.79. The third-order valence-electron chi connectivity index (χ3n) is 10.6. The second kappa shape index (κ2) is 13.7.